The number of hydrogen-bond donors (Lipinski definition) is 5. The molecule has 0 aromatic rings. The van der Waals surface area contributed by atoms with Crippen LogP contribution in [0.1, 0.15) is 0 Å². The minimum atomic E-state index is -5.92. The SMILES string of the molecule is O=P(O)(O)O.O=P([O-])([O-])OP(=O)([O-])OP(=O)(O)O.[Al+3]. The largest absolute Gasteiger partial charge is 3.00 e. The molecule has 112 valence electrons. The second-order valence-electron chi connectivity index (χ2n) is 2.06. The number of phosphoric acid groups is 4. The fraction of sp³-hybridized carbons (Fsp3) is 0. The maximum Gasteiger partial charge on any atom is 3.00 e. The van der Waals surface area contributed by atoms with Crippen LogP contribution in [-0.4, -0.2) is 41.8 Å². The van der Waals surface area contributed by atoms with Gasteiger partial charge in [-0.1, -0.05) is 0 Å². The summed E-state index contributed by atoms with van der Waals surface area (Å²) in [5.41, 5.74) is 0. The van der Waals surface area contributed by atoms with Gasteiger partial charge in [-0.3, -0.25) is 8.88 Å². The van der Waals surface area contributed by atoms with E-state index in [0.29, 0.717) is 0 Å². The van der Waals surface area contributed by atoms with Crippen LogP contribution in [-0.2, 0) is 26.9 Å². The molecule has 0 radical (unpaired) electrons. The molecule has 19 heteroatoms. The zero-order valence-corrected chi connectivity index (χ0v) is 13.0. The Hall–Kier alpha value is 1.05. The molecule has 0 aliphatic carbocycles. The Morgan fingerprint density at radius 1 is 0.737 bits per heavy atom. The van der Waals surface area contributed by atoms with E-state index in [-0.39, 0.29) is 17.4 Å². The van der Waals surface area contributed by atoms with Gasteiger partial charge in [0.15, 0.2) is 0 Å². The Balaban J connectivity index is -0.000000366. The van der Waals surface area contributed by atoms with Crippen molar-refractivity contribution in [3.05, 3.63) is 0 Å². The smallest absolute Gasteiger partial charge is 0.790 e. The van der Waals surface area contributed by atoms with E-state index in [9.17, 15) is 28.4 Å². The van der Waals surface area contributed by atoms with Gasteiger partial charge in [0.2, 0.25) is 0 Å². The van der Waals surface area contributed by atoms with Gasteiger partial charge in [0.25, 0.3) is 7.82 Å². The van der Waals surface area contributed by atoms with Crippen LogP contribution in [0, 0.1) is 0 Å². The summed E-state index contributed by atoms with van der Waals surface area (Å²) in [6, 6.07) is 0. The van der Waals surface area contributed by atoms with Gasteiger partial charge in [-0.05, 0) is 0 Å². The van der Waals surface area contributed by atoms with Crippen molar-refractivity contribution < 1.29 is 66.0 Å². The summed E-state index contributed by atoms with van der Waals surface area (Å²) in [7, 11) is -21.9. The molecule has 0 amide bonds. The molecule has 1 atom stereocenters. The molecular weight excluding hydrogens is 375 g/mol. The third kappa shape index (κ3) is 32.5. The molecule has 0 bridgehead atoms. The zero-order chi connectivity index (χ0) is 15.4. The van der Waals surface area contributed by atoms with Crippen molar-refractivity contribution in [1.82, 2.24) is 0 Å². The van der Waals surface area contributed by atoms with Gasteiger partial charge in [0.05, 0.1) is 7.82 Å². The molecule has 1 unspecified atom stereocenters. The quantitative estimate of drug-likeness (QED) is 0.231. The van der Waals surface area contributed by atoms with Gasteiger partial charge >= 0.3 is 33.0 Å². The fourth-order valence-electron chi connectivity index (χ4n) is 0.268. The molecule has 0 heterocycles. The minimum absolute atomic E-state index is 0. The molecule has 0 aliphatic rings. The first-order chi connectivity index (χ1) is 7.41. The van der Waals surface area contributed by atoms with Gasteiger partial charge in [-0.2, -0.15) is 0 Å². The molecule has 0 spiro atoms. The summed E-state index contributed by atoms with van der Waals surface area (Å²) in [6.45, 7) is 0. The Morgan fingerprint density at radius 2 is 1.00 bits per heavy atom. The minimum Gasteiger partial charge on any atom is -0.790 e. The molecule has 0 saturated carbocycles. The third-order valence-electron chi connectivity index (χ3n) is 0.406. The van der Waals surface area contributed by atoms with Crippen molar-refractivity contribution in [2.24, 2.45) is 0 Å². The molecule has 0 rings (SSSR count). The second-order valence-corrected chi connectivity index (χ2v) is 7.16. The Labute approximate surface area is 115 Å². The molecule has 0 aromatic carbocycles. The van der Waals surface area contributed by atoms with E-state index < -0.39 is 31.3 Å². The van der Waals surface area contributed by atoms with E-state index >= 15 is 0 Å². The summed E-state index contributed by atoms with van der Waals surface area (Å²) < 4.78 is 44.2. The average molecular weight is 380 g/mol. The standard InChI is InChI=1S/Al.H5O10P3.H3O4P/c;1-11(2,3)9-13(7,8)10-12(4,5)6;1-5(2,3)4/h;(H,7,8)(H2,1,2,3)(H2,4,5,6);(H3,1,2,3,4)/q+3;;/p-3. The predicted octanol–water partition coefficient (Wildman–Crippen LogP) is -3.90. The van der Waals surface area contributed by atoms with Crippen molar-refractivity contribution in [3.63, 3.8) is 0 Å². The molecule has 0 saturated heterocycles. The molecular formula is H5AlO14P4. The Bertz CT molecular complexity index is 394. The predicted molar refractivity (Wildman–Crippen MR) is 49.4 cm³/mol. The number of rotatable bonds is 4. The van der Waals surface area contributed by atoms with E-state index in [2.05, 4.69) is 8.62 Å². The number of hydrogen-bond acceptors (Lipinski definition) is 9. The summed E-state index contributed by atoms with van der Waals surface area (Å²) in [5, 5.41) is 0. The topological polar surface area (TPSA) is 257 Å². The van der Waals surface area contributed by atoms with Crippen LogP contribution < -0.4 is 14.7 Å². The van der Waals surface area contributed by atoms with Crippen LogP contribution >= 0.6 is 31.3 Å². The molecule has 19 heavy (non-hydrogen) atoms. The normalized spacial score (nSPS) is 15.6. The van der Waals surface area contributed by atoms with Crippen molar-refractivity contribution in [2.45, 2.75) is 0 Å². The summed E-state index contributed by atoms with van der Waals surface area (Å²) in [4.78, 5) is 66.9. The second kappa shape index (κ2) is 8.48. The van der Waals surface area contributed by atoms with E-state index in [4.69, 9.17) is 29.0 Å². The van der Waals surface area contributed by atoms with E-state index in [0.717, 1.165) is 0 Å². The first kappa shape index (κ1) is 25.0. The van der Waals surface area contributed by atoms with Crippen LogP contribution in [0.3, 0.4) is 0 Å². The van der Waals surface area contributed by atoms with Gasteiger partial charge in [0, 0.05) is 0 Å². The fourth-order valence-corrected chi connectivity index (χ4v) is 2.68. The van der Waals surface area contributed by atoms with Crippen molar-refractivity contribution in [2.75, 3.05) is 0 Å². The van der Waals surface area contributed by atoms with E-state index in [1.807, 2.05) is 0 Å². The Morgan fingerprint density at radius 3 is 1.16 bits per heavy atom. The molecule has 0 fully saturated rings. The zero-order valence-electron chi connectivity index (χ0n) is 8.28. The van der Waals surface area contributed by atoms with Crippen LogP contribution in [0.25, 0.3) is 0 Å². The van der Waals surface area contributed by atoms with Crippen molar-refractivity contribution in [3.8, 4) is 0 Å². The molecule has 14 nitrogen and oxygen atoms in total. The van der Waals surface area contributed by atoms with Gasteiger partial charge < -0.3 is 43.7 Å². The van der Waals surface area contributed by atoms with Gasteiger partial charge in [-0.25, -0.2) is 13.4 Å². The van der Waals surface area contributed by atoms with E-state index in [1.165, 1.54) is 0 Å². The van der Waals surface area contributed by atoms with Crippen LogP contribution in [0.2, 0.25) is 0 Å². The van der Waals surface area contributed by atoms with Crippen LogP contribution in [0.15, 0.2) is 0 Å². The first-order valence-corrected chi connectivity index (χ1v) is 9.02. The maximum absolute atomic E-state index is 10.2. The third-order valence-corrected chi connectivity index (χ3v) is 3.66. The van der Waals surface area contributed by atoms with Crippen molar-refractivity contribution >= 4 is 48.7 Å². The molecule has 0 aliphatic heterocycles. The molecule has 5 N–H and O–H groups in total. The summed E-state index contributed by atoms with van der Waals surface area (Å²) >= 11 is 0. The molecule has 0 aromatic heterocycles. The van der Waals surface area contributed by atoms with Crippen LogP contribution in [0.4, 0.5) is 0 Å². The first-order valence-electron chi connectivity index (χ1n) is 3.01. The summed E-state index contributed by atoms with van der Waals surface area (Å²) in [6.07, 6.45) is 0. The summed E-state index contributed by atoms with van der Waals surface area (Å²) in [5.74, 6) is 0. The van der Waals surface area contributed by atoms with Gasteiger partial charge in [0.1, 0.15) is 0 Å². The maximum atomic E-state index is 10.2. The van der Waals surface area contributed by atoms with E-state index in [1.54, 1.807) is 0 Å². The Kier molecular flexibility index (Phi) is 11.2. The van der Waals surface area contributed by atoms with Gasteiger partial charge in [-0.15, -0.1) is 0 Å². The van der Waals surface area contributed by atoms with Crippen LogP contribution in [0.5, 0.6) is 0 Å². The van der Waals surface area contributed by atoms with Crippen molar-refractivity contribution in [1.29, 1.82) is 0 Å². The monoisotopic (exact) mass is 380 g/mol. The average Bonchev–Trinajstić information content (AvgIpc) is 1.64.